The number of nitrogens with two attached hydrogens (primary N) is 1. The van der Waals surface area contributed by atoms with E-state index in [1.165, 1.54) is 6.33 Å². The number of carbonyl (C=O) groups is 1. The summed E-state index contributed by atoms with van der Waals surface area (Å²) >= 11 is 0. The maximum absolute atomic E-state index is 12.9. The molecule has 0 unspecified atom stereocenters. The number of methoxy groups -OCH3 is 1. The van der Waals surface area contributed by atoms with Crippen LogP contribution in [-0.2, 0) is 11.3 Å². The van der Waals surface area contributed by atoms with Crippen molar-refractivity contribution in [3.8, 4) is 0 Å². The van der Waals surface area contributed by atoms with Crippen molar-refractivity contribution in [1.29, 1.82) is 0 Å². The van der Waals surface area contributed by atoms with Crippen molar-refractivity contribution in [2.45, 2.75) is 32.4 Å². The van der Waals surface area contributed by atoms with E-state index in [4.69, 9.17) is 10.5 Å². The van der Waals surface area contributed by atoms with Gasteiger partial charge in [-0.1, -0.05) is 19.1 Å². The van der Waals surface area contributed by atoms with Crippen LogP contribution in [0.15, 0.2) is 30.6 Å². The number of rotatable bonds is 5. The minimum Gasteiger partial charge on any atom is -0.383 e. The number of benzene rings is 1. The van der Waals surface area contributed by atoms with Crippen molar-refractivity contribution in [2.24, 2.45) is 5.92 Å². The molecule has 27 heavy (non-hydrogen) atoms. The monoisotopic (exact) mass is 366 g/mol. The maximum atomic E-state index is 12.9. The standard InChI is InChI=1S/C19H22N6O2/c1-11-7-14(8-11)25-18-15(17(20)21-10-22-18)16(24-25)19(26)23-13-5-3-12(4-6-13)9-27-2/h3-6,10-11,14H,7-9H2,1-2H3,(H,23,26)(H2,20,21,22). The van der Waals surface area contributed by atoms with Gasteiger partial charge in [-0.25, -0.2) is 14.6 Å². The highest BCUT2D eigenvalue weighted by atomic mass is 16.5. The third-order valence-electron chi connectivity index (χ3n) is 4.95. The summed E-state index contributed by atoms with van der Waals surface area (Å²) < 4.78 is 6.92. The highest BCUT2D eigenvalue weighted by molar-refractivity contribution is 6.13. The summed E-state index contributed by atoms with van der Waals surface area (Å²) in [7, 11) is 1.65. The number of amides is 1. The van der Waals surface area contributed by atoms with Gasteiger partial charge in [0.25, 0.3) is 5.91 Å². The smallest absolute Gasteiger partial charge is 0.277 e. The number of nitrogen functional groups attached to an aromatic ring is 1. The first-order valence-corrected chi connectivity index (χ1v) is 8.94. The summed E-state index contributed by atoms with van der Waals surface area (Å²) in [6, 6.07) is 7.72. The topological polar surface area (TPSA) is 108 Å². The Bertz CT molecular complexity index is 976. The lowest BCUT2D eigenvalue weighted by molar-refractivity contribution is 0.102. The average molecular weight is 366 g/mol. The molecule has 4 rings (SSSR count). The summed E-state index contributed by atoms with van der Waals surface area (Å²) in [6.45, 7) is 2.73. The second-order valence-corrected chi connectivity index (χ2v) is 7.07. The number of aromatic nitrogens is 4. The maximum Gasteiger partial charge on any atom is 0.277 e. The van der Waals surface area contributed by atoms with Crippen LogP contribution in [-0.4, -0.2) is 32.8 Å². The van der Waals surface area contributed by atoms with Gasteiger partial charge in [0.05, 0.1) is 18.0 Å². The highest BCUT2D eigenvalue weighted by Crippen LogP contribution is 2.39. The van der Waals surface area contributed by atoms with Gasteiger partial charge in [-0.3, -0.25) is 4.79 Å². The molecule has 2 aromatic heterocycles. The molecule has 3 aromatic rings. The second-order valence-electron chi connectivity index (χ2n) is 7.07. The van der Waals surface area contributed by atoms with Crippen molar-refractivity contribution in [2.75, 3.05) is 18.2 Å². The van der Waals surface area contributed by atoms with E-state index in [0.29, 0.717) is 29.2 Å². The molecule has 3 N–H and O–H groups in total. The van der Waals surface area contributed by atoms with E-state index in [9.17, 15) is 4.79 Å². The molecule has 2 heterocycles. The van der Waals surface area contributed by atoms with Gasteiger partial charge < -0.3 is 15.8 Å². The summed E-state index contributed by atoms with van der Waals surface area (Å²) in [4.78, 5) is 21.2. The van der Waals surface area contributed by atoms with E-state index in [1.807, 2.05) is 28.9 Å². The van der Waals surface area contributed by atoms with Gasteiger partial charge >= 0.3 is 0 Å². The van der Waals surface area contributed by atoms with Crippen molar-refractivity contribution in [3.05, 3.63) is 41.9 Å². The molecule has 1 aliphatic rings. The summed E-state index contributed by atoms with van der Waals surface area (Å²) in [5.41, 5.74) is 8.61. The predicted octanol–water partition coefficient (Wildman–Crippen LogP) is 2.78. The molecular formula is C19H22N6O2. The molecule has 8 nitrogen and oxygen atoms in total. The Balaban J connectivity index is 1.65. The van der Waals surface area contributed by atoms with Crippen LogP contribution in [0.2, 0.25) is 0 Å². The Morgan fingerprint density at radius 3 is 2.70 bits per heavy atom. The number of carbonyl (C=O) groups excluding carboxylic acids is 1. The molecular weight excluding hydrogens is 344 g/mol. The lowest BCUT2D eigenvalue weighted by atomic mass is 9.82. The first-order chi connectivity index (χ1) is 13.1. The first kappa shape index (κ1) is 17.4. The van der Waals surface area contributed by atoms with Gasteiger partial charge in [0.15, 0.2) is 11.3 Å². The number of nitrogens with one attached hydrogen (secondary N) is 1. The van der Waals surface area contributed by atoms with Gasteiger partial charge in [0.1, 0.15) is 12.1 Å². The van der Waals surface area contributed by atoms with Crippen LogP contribution in [0.5, 0.6) is 0 Å². The molecule has 0 atom stereocenters. The minimum absolute atomic E-state index is 0.242. The van der Waals surface area contributed by atoms with E-state index in [-0.39, 0.29) is 23.5 Å². The third-order valence-corrected chi connectivity index (χ3v) is 4.95. The number of hydrogen-bond acceptors (Lipinski definition) is 6. The molecule has 0 saturated heterocycles. The number of nitrogens with zero attached hydrogens (tertiary/aromatic N) is 4. The van der Waals surface area contributed by atoms with Crippen LogP contribution in [0.4, 0.5) is 11.5 Å². The molecule has 140 valence electrons. The molecule has 0 bridgehead atoms. The quantitative estimate of drug-likeness (QED) is 0.719. The highest BCUT2D eigenvalue weighted by Gasteiger charge is 2.32. The third kappa shape index (κ3) is 3.23. The van der Waals surface area contributed by atoms with Gasteiger partial charge in [-0.15, -0.1) is 0 Å². The first-order valence-electron chi connectivity index (χ1n) is 8.94. The molecule has 0 aliphatic heterocycles. The second kappa shape index (κ2) is 6.96. The Morgan fingerprint density at radius 2 is 2.04 bits per heavy atom. The van der Waals surface area contributed by atoms with Crippen LogP contribution in [0.25, 0.3) is 11.0 Å². The fourth-order valence-corrected chi connectivity index (χ4v) is 3.51. The molecule has 0 spiro atoms. The van der Waals surface area contributed by atoms with Gasteiger partial charge in [-0.05, 0) is 36.5 Å². The van der Waals surface area contributed by atoms with E-state index in [1.54, 1.807) is 7.11 Å². The Morgan fingerprint density at radius 1 is 1.30 bits per heavy atom. The van der Waals surface area contributed by atoms with E-state index in [2.05, 4.69) is 27.3 Å². The lowest BCUT2D eigenvalue weighted by Gasteiger charge is -2.32. The van der Waals surface area contributed by atoms with Crippen LogP contribution in [0, 0.1) is 5.92 Å². The molecule has 8 heteroatoms. The van der Waals surface area contributed by atoms with Crippen molar-refractivity contribution in [3.63, 3.8) is 0 Å². The lowest BCUT2D eigenvalue weighted by Crippen LogP contribution is -2.26. The van der Waals surface area contributed by atoms with Gasteiger partial charge in [0, 0.05) is 12.8 Å². The molecule has 1 aromatic carbocycles. The SMILES string of the molecule is COCc1ccc(NC(=O)c2nn(C3CC(C)C3)c3ncnc(N)c23)cc1. The molecule has 1 aliphatic carbocycles. The normalized spacial score (nSPS) is 19.0. The van der Waals surface area contributed by atoms with Crippen molar-refractivity contribution >= 4 is 28.4 Å². The molecule has 0 radical (unpaired) electrons. The zero-order valence-electron chi connectivity index (χ0n) is 15.3. The Hall–Kier alpha value is -3.00. The summed E-state index contributed by atoms with van der Waals surface area (Å²) in [6.07, 6.45) is 3.44. The Kier molecular flexibility index (Phi) is 4.49. The van der Waals surface area contributed by atoms with E-state index >= 15 is 0 Å². The van der Waals surface area contributed by atoms with E-state index < -0.39 is 0 Å². The number of ether oxygens (including phenoxy) is 1. The van der Waals surface area contributed by atoms with Crippen LogP contribution in [0.1, 0.15) is 41.9 Å². The van der Waals surface area contributed by atoms with E-state index in [0.717, 1.165) is 18.4 Å². The fourth-order valence-electron chi connectivity index (χ4n) is 3.51. The molecule has 1 fully saturated rings. The zero-order chi connectivity index (χ0) is 19.0. The number of hydrogen-bond donors (Lipinski definition) is 2. The zero-order valence-corrected chi connectivity index (χ0v) is 15.3. The van der Waals surface area contributed by atoms with Crippen molar-refractivity contribution in [1.82, 2.24) is 19.7 Å². The van der Waals surface area contributed by atoms with Crippen LogP contribution < -0.4 is 11.1 Å². The largest absolute Gasteiger partial charge is 0.383 e. The summed E-state index contributed by atoms with van der Waals surface area (Å²) in [5, 5.41) is 7.93. The van der Waals surface area contributed by atoms with Gasteiger partial charge in [-0.2, -0.15) is 5.10 Å². The van der Waals surface area contributed by atoms with Gasteiger partial charge in [0.2, 0.25) is 0 Å². The molecule has 1 saturated carbocycles. The van der Waals surface area contributed by atoms with Crippen LogP contribution >= 0.6 is 0 Å². The molecule has 1 amide bonds. The minimum atomic E-state index is -0.327. The average Bonchev–Trinajstić information content (AvgIpc) is 3.02. The number of fused-ring (bicyclic) bond motifs is 1. The number of anilines is 2. The van der Waals surface area contributed by atoms with Crippen LogP contribution in [0.3, 0.4) is 0 Å². The fraction of sp³-hybridized carbons (Fsp3) is 0.368. The Labute approximate surface area is 156 Å². The van der Waals surface area contributed by atoms with Crippen molar-refractivity contribution < 1.29 is 9.53 Å². The predicted molar refractivity (Wildman–Crippen MR) is 102 cm³/mol. The summed E-state index contributed by atoms with van der Waals surface area (Å²) in [5.74, 6) is 0.586.